The summed E-state index contributed by atoms with van der Waals surface area (Å²) in [5.41, 5.74) is -0.858. The van der Waals surface area contributed by atoms with Crippen molar-refractivity contribution in [3.63, 3.8) is 0 Å². The molecule has 8 heteroatoms. The van der Waals surface area contributed by atoms with Gasteiger partial charge in [0.25, 0.3) is 5.91 Å². The van der Waals surface area contributed by atoms with Gasteiger partial charge in [0.1, 0.15) is 5.82 Å². The highest BCUT2D eigenvalue weighted by molar-refractivity contribution is 6.30. The van der Waals surface area contributed by atoms with E-state index in [1.165, 1.54) is 18.3 Å². The Hall–Kier alpha value is -2.28. The highest BCUT2D eigenvalue weighted by atomic mass is 35.5. The number of hydrogen-bond donors (Lipinski definition) is 2. The highest BCUT2D eigenvalue weighted by Crippen LogP contribution is 2.26. The van der Waals surface area contributed by atoms with Crippen molar-refractivity contribution in [2.45, 2.75) is 0 Å². The summed E-state index contributed by atoms with van der Waals surface area (Å²) in [6.45, 7) is 0. The quantitative estimate of drug-likeness (QED) is 0.838. The van der Waals surface area contributed by atoms with Gasteiger partial charge in [0.2, 0.25) is 5.82 Å². The first-order chi connectivity index (χ1) is 9.40. The third-order valence-corrected chi connectivity index (χ3v) is 2.58. The van der Waals surface area contributed by atoms with Crippen LogP contribution in [0.25, 0.3) is 0 Å². The largest absolute Gasteiger partial charge is 0.503 e. The van der Waals surface area contributed by atoms with Gasteiger partial charge >= 0.3 is 0 Å². The standard InChI is InChI=1S/C12H6ClF3N2O2/c13-5-1-2-17-8(3-5)18-12(20)6-4-7(14)10(16)11(19)9(6)15/h1-4,19H,(H,17,18,20). The Kier molecular flexibility index (Phi) is 3.80. The lowest BCUT2D eigenvalue weighted by Gasteiger charge is -2.07. The van der Waals surface area contributed by atoms with Gasteiger partial charge in [-0.15, -0.1) is 0 Å². The molecule has 0 aliphatic heterocycles. The number of phenols is 1. The van der Waals surface area contributed by atoms with Crippen LogP contribution >= 0.6 is 11.6 Å². The number of benzene rings is 1. The number of nitrogens with one attached hydrogen (secondary N) is 1. The molecular weight excluding hydrogens is 297 g/mol. The second-order valence-corrected chi connectivity index (χ2v) is 4.13. The van der Waals surface area contributed by atoms with Gasteiger partial charge < -0.3 is 10.4 Å². The molecule has 0 atom stereocenters. The molecule has 0 saturated carbocycles. The lowest BCUT2D eigenvalue weighted by molar-refractivity contribution is 0.102. The van der Waals surface area contributed by atoms with Crippen LogP contribution < -0.4 is 5.32 Å². The molecule has 2 aromatic rings. The lowest BCUT2D eigenvalue weighted by Crippen LogP contribution is -2.15. The van der Waals surface area contributed by atoms with Crippen molar-refractivity contribution in [3.05, 3.63) is 52.4 Å². The first kappa shape index (κ1) is 14.1. The molecular formula is C12H6ClF3N2O2. The molecule has 1 aromatic heterocycles. The summed E-state index contributed by atoms with van der Waals surface area (Å²) in [6, 6.07) is 3.06. The summed E-state index contributed by atoms with van der Waals surface area (Å²) in [5.74, 6) is -7.55. The average Bonchev–Trinajstić information content (AvgIpc) is 2.40. The maximum absolute atomic E-state index is 13.5. The van der Waals surface area contributed by atoms with E-state index in [2.05, 4.69) is 10.3 Å². The fourth-order valence-corrected chi connectivity index (χ4v) is 1.57. The molecule has 1 heterocycles. The minimum Gasteiger partial charge on any atom is -0.503 e. The van der Waals surface area contributed by atoms with E-state index in [-0.39, 0.29) is 10.8 Å². The van der Waals surface area contributed by atoms with Crippen molar-refractivity contribution in [2.24, 2.45) is 0 Å². The topological polar surface area (TPSA) is 62.2 Å². The number of nitrogens with zero attached hydrogens (tertiary/aromatic N) is 1. The number of phenolic OH excluding ortho intramolecular Hbond substituents is 1. The molecule has 0 fully saturated rings. The maximum atomic E-state index is 13.5. The van der Waals surface area contributed by atoms with E-state index in [4.69, 9.17) is 16.7 Å². The highest BCUT2D eigenvalue weighted by Gasteiger charge is 2.22. The average molecular weight is 303 g/mol. The Morgan fingerprint density at radius 1 is 1.25 bits per heavy atom. The van der Waals surface area contributed by atoms with Gasteiger partial charge in [-0.1, -0.05) is 11.6 Å². The zero-order valence-corrected chi connectivity index (χ0v) is 10.4. The molecule has 2 N–H and O–H groups in total. The number of carbonyl (C=O) groups excluding carboxylic acids is 1. The summed E-state index contributed by atoms with van der Waals surface area (Å²) < 4.78 is 39.5. The van der Waals surface area contributed by atoms with Crippen molar-refractivity contribution in [2.75, 3.05) is 5.32 Å². The van der Waals surface area contributed by atoms with Gasteiger partial charge in [0.05, 0.1) is 5.56 Å². The summed E-state index contributed by atoms with van der Waals surface area (Å²) in [4.78, 5) is 15.5. The second kappa shape index (κ2) is 5.38. The molecule has 2 rings (SSSR count). The molecule has 0 saturated heterocycles. The normalized spacial score (nSPS) is 10.4. The van der Waals surface area contributed by atoms with Gasteiger partial charge in [-0.3, -0.25) is 4.79 Å². The first-order valence-corrected chi connectivity index (χ1v) is 5.57. The number of anilines is 1. The van der Waals surface area contributed by atoms with E-state index < -0.39 is 34.7 Å². The fraction of sp³-hybridized carbons (Fsp3) is 0. The first-order valence-electron chi connectivity index (χ1n) is 5.19. The Morgan fingerprint density at radius 2 is 1.95 bits per heavy atom. The molecule has 20 heavy (non-hydrogen) atoms. The summed E-state index contributed by atoms with van der Waals surface area (Å²) in [7, 11) is 0. The van der Waals surface area contributed by atoms with Crippen LogP contribution in [-0.4, -0.2) is 16.0 Å². The number of pyridine rings is 1. The predicted octanol–water partition coefficient (Wildman–Crippen LogP) is 3.11. The van der Waals surface area contributed by atoms with E-state index >= 15 is 0 Å². The van der Waals surface area contributed by atoms with Crippen molar-refractivity contribution in [3.8, 4) is 5.75 Å². The van der Waals surface area contributed by atoms with Crippen LogP contribution in [0.5, 0.6) is 5.75 Å². The molecule has 1 amide bonds. The van der Waals surface area contributed by atoms with E-state index in [0.717, 1.165) is 0 Å². The van der Waals surface area contributed by atoms with Crippen molar-refractivity contribution < 1.29 is 23.1 Å². The van der Waals surface area contributed by atoms with Crippen LogP contribution in [0.1, 0.15) is 10.4 Å². The van der Waals surface area contributed by atoms with Crippen molar-refractivity contribution in [1.29, 1.82) is 0 Å². The smallest absolute Gasteiger partial charge is 0.260 e. The Morgan fingerprint density at radius 3 is 2.60 bits per heavy atom. The van der Waals surface area contributed by atoms with E-state index in [1.54, 1.807) is 0 Å². The van der Waals surface area contributed by atoms with Gasteiger partial charge in [-0.05, 0) is 18.2 Å². The van der Waals surface area contributed by atoms with Gasteiger partial charge in [-0.2, -0.15) is 4.39 Å². The zero-order valence-electron chi connectivity index (χ0n) is 9.62. The van der Waals surface area contributed by atoms with Gasteiger partial charge in [-0.25, -0.2) is 13.8 Å². The number of hydrogen-bond acceptors (Lipinski definition) is 3. The van der Waals surface area contributed by atoms with Crippen LogP contribution in [-0.2, 0) is 0 Å². The van der Waals surface area contributed by atoms with Crippen molar-refractivity contribution in [1.82, 2.24) is 4.98 Å². The molecule has 0 aliphatic rings. The predicted molar refractivity (Wildman–Crippen MR) is 65.2 cm³/mol. The molecule has 0 spiro atoms. The summed E-state index contributed by atoms with van der Waals surface area (Å²) in [5, 5.41) is 11.4. The van der Waals surface area contributed by atoms with Crippen LogP contribution in [0.2, 0.25) is 5.02 Å². The number of aromatic nitrogens is 1. The number of halogens is 4. The molecule has 4 nitrogen and oxygen atoms in total. The Bertz CT molecular complexity index is 695. The Balaban J connectivity index is 2.35. The number of aromatic hydroxyl groups is 1. The second-order valence-electron chi connectivity index (χ2n) is 3.70. The van der Waals surface area contributed by atoms with Gasteiger partial charge in [0.15, 0.2) is 17.4 Å². The lowest BCUT2D eigenvalue weighted by atomic mass is 10.1. The third kappa shape index (κ3) is 2.67. The molecule has 1 aromatic carbocycles. The summed E-state index contributed by atoms with van der Waals surface area (Å²) >= 11 is 5.66. The van der Waals surface area contributed by atoms with Crippen LogP contribution in [0.15, 0.2) is 24.4 Å². The molecule has 104 valence electrons. The molecule has 0 aliphatic carbocycles. The molecule has 0 unspecified atom stereocenters. The number of amides is 1. The monoisotopic (exact) mass is 302 g/mol. The van der Waals surface area contributed by atoms with Crippen LogP contribution in [0.3, 0.4) is 0 Å². The van der Waals surface area contributed by atoms with Crippen molar-refractivity contribution >= 4 is 23.3 Å². The van der Waals surface area contributed by atoms with E-state index in [0.29, 0.717) is 6.07 Å². The van der Waals surface area contributed by atoms with E-state index in [9.17, 15) is 18.0 Å². The zero-order chi connectivity index (χ0) is 14.9. The minimum absolute atomic E-state index is 0.00822. The van der Waals surface area contributed by atoms with Crippen LogP contribution in [0, 0.1) is 17.5 Å². The minimum atomic E-state index is -1.76. The Labute approximate surface area is 115 Å². The molecule has 0 radical (unpaired) electrons. The summed E-state index contributed by atoms with van der Waals surface area (Å²) in [6.07, 6.45) is 1.29. The van der Waals surface area contributed by atoms with E-state index in [1.807, 2.05) is 0 Å². The maximum Gasteiger partial charge on any atom is 0.260 e. The fourth-order valence-electron chi connectivity index (χ4n) is 1.41. The van der Waals surface area contributed by atoms with Gasteiger partial charge in [0, 0.05) is 11.2 Å². The third-order valence-electron chi connectivity index (χ3n) is 2.34. The molecule has 0 bridgehead atoms. The number of rotatable bonds is 2. The SMILES string of the molecule is O=C(Nc1cc(Cl)ccn1)c1cc(F)c(F)c(O)c1F. The number of carbonyl (C=O) groups is 1. The van der Waals surface area contributed by atoms with Crippen LogP contribution in [0.4, 0.5) is 19.0 Å².